The molecule has 0 aliphatic carbocycles. The molecule has 1 fully saturated rings. The summed E-state index contributed by atoms with van der Waals surface area (Å²) in [6, 6.07) is 0. The van der Waals surface area contributed by atoms with Crippen molar-refractivity contribution in [2.75, 3.05) is 20.1 Å². The van der Waals surface area contributed by atoms with Crippen molar-refractivity contribution in [3.05, 3.63) is 12.3 Å². The van der Waals surface area contributed by atoms with Crippen LogP contribution in [0.4, 0.5) is 4.79 Å². The second-order valence-corrected chi connectivity index (χ2v) is 5.19. The summed E-state index contributed by atoms with van der Waals surface area (Å²) in [7, 11) is 1.86. The van der Waals surface area contributed by atoms with Crippen molar-refractivity contribution in [3.63, 3.8) is 0 Å². The van der Waals surface area contributed by atoms with Gasteiger partial charge in [0.1, 0.15) is 5.60 Å². The molecule has 1 aliphatic heterocycles. The molecule has 0 aromatic carbocycles. The van der Waals surface area contributed by atoms with Gasteiger partial charge in [0.25, 0.3) is 0 Å². The smallest absolute Gasteiger partial charge is 0.410 e. The molecule has 4 heteroatoms. The summed E-state index contributed by atoms with van der Waals surface area (Å²) < 4.78 is 5.32. The van der Waals surface area contributed by atoms with E-state index >= 15 is 0 Å². The lowest BCUT2D eigenvalue weighted by atomic mass is 10.1. The lowest BCUT2D eigenvalue weighted by Crippen LogP contribution is -2.35. The molecule has 1 unspecified atom stereocenters. The fraction of sp³-hybridized carbons (Fsp3) is 0.750. The largest absolute Gasteiger partial charge is 0.444 e. The Labute approximate surface area is 97.6 Å². The number of ether oxygens (including phenoxy) is 1. The standard InChI is InChI=1S/C12H22N2O2/c1-9(13-5)10-6-7-14(8-10)11(15)16-12(2,3)4/h10,13H,1,6-8H2,2-5H3. The Morgan fingerprint density at radius 2 is 2.12 bits per heavy atom. The normalized spacial score (nSPS) is 20.8. The van der Waals surface area contributed by atoms with E-state index in [-0.39, 0.29) is 6.09 Å². The van der Waals surface area contributed by atoms with Crippen molar-refractivity contribution in [2.45, 2.75) is 32.8 Å². The van der Waals surface area contributed by atoms with Crippen LogP contribution in [0, 0.1) is 5.92 Å². The molecule has 1 rings (SSSR count). The Balaban J connectivity index is 2.47. The molecule has 16 heavy (non-hydrogen) atoms. The van der Waals surface area contributed by atoms with Crippen molar-refractivity contribution in [2.24, 2.45) is 5.92 Å². The number of carbonyl (C=O) groups is 1. The van der Waals surface area contributed by atoms with E-state index in [0.717, 1.165) is 18.7 Å². The van der Waals surface area contributed by atoms with Crippen LogP contribution in [-0.4, -0.2) is 36.7 Å². The molecule has 0 aromatic heterocycles. The number of nitrogens with one attached hydrogen (secondary N) is 1. The topological polar surface area (TPSA) is 41.6 Å². The van der Waals surface area contributed by atoms with Crippen molar-refractivity contribution in [1.82, 2.24) is 10.2 Å². The average molecular weight is 226 g/mol. The van der Waals surface area contributed by atoms with Crippen LogP contribution in [0.25, 0.3) is 0 Å². The monoisotopic (exact) mass is 226 g/mol. The third-order valence-corrected chi connectivity index (χ3v) is 2.65. The predicted molar refractivity (Wildman–Crippen MR) is 64.1 cm³/mol. The van der Waals surface area contributed by atoms with Crippen LogP contribution < -0.4 is 5.32 Å². The van der Waals surface area contributed by atoms with Crippen LogP contribution >= 0.6 is 0 Å². The third kappa shape index (κ3) is 3.43. The molecule has 0 bridgehead atoms. The van der Waals surface area contributed by atoms with Crippen LogP contribution in [0.3, 0.4) is 0 Å². The quantitative estimate of drug-likeness (QED) is 0.782. The summed E-state index contributed by atoms with van der Waals surface area (Å²) in [6.45, 7) is 11.0. The molecule has 0 spiro atoms. The highest BCUT2D eigenvalue weighted by Gasteiger charge is 2.30. The van der Waals surface area contributed by atoms with Crippen LogP contribution in [0.5, 0.6) is 0 Å². The van der Waals surface area contributed by atoms with Gasteiger partial charge < -0.3 is 15.0 Å². The van der Waals surface area contributed by atoms with Gasteiger partial charge in [-0.25, -0.2) is 4.79 Å². The van der Waals surface area contributed by atoms with E-state index < -0.39 is 5.60 Å². The number of nitrogens with zero attached hydrogens (tertiary/aromatic N) is 1. The van der Waals surface area contributed by atoms with Crippen molar-refractivity contribution in [1.29, 1.82) is 0 Å². The summed E-state index contributed by atoms with van der Waals surface area (Å²) in [4.78, 5) is 13.5. The Morgan fingerprint density at radius 3 is 2.62 bits per heavy atom. The van der Waals surface area contributed by atoms with Gasteiger partial charge >= 0.3 is 6.09 Å². The van der Waals surface area contributed by atoms with Crippen molar-refractivity contribution < 1.29 is 9.53 Å². The second-order valence-electron chi connectivity index (χ2n) is 5.19. The number of carbonyl (C=O) groups excluding carboxylic acids is 1. The second kappa shape index (κ2) is 4.76. The summed E-state index contributed by atoms with van der Waals surface area (Å²) in [5.74, 6) is 0.345. The summed E-state index contributed by atoms with van der Waals surface area (Å²) in [6.07, 6.45) is 0.734. The number of hydrogen-bond acceptors (Lipinski definition) is 3. The number of amides is 1. The molecule has 0 radical (unpaired) electrons. The first kappa shape index (κ1) is 12.9. The number of likely N-dealkylation sites (tertiary alicyclic amines) is 1. The Bertz CT molecular complexity index is 281. The minimum Gasteiger partial charge on any atom is -0.444 e. The highest BCUT2D eigenvalue weighted by atomic mass is 16.6. The summed E-state index contributed by atoms with van der Waals surface area (Å²) in [5.41, 5.74) is 0.570. The molecular weight excluding hydrogens is 204 g/mol. The van der Waals surface area contributed by atoms with Crippen molar-refractivity contribution >= 4 is 6.09 Å². The average Bonchev–Trinajstić information content (AvgIpc) is 2.62. The van der Waals surface area contributed by atoms with Gasteiger partial charge in [-0.05, 0) is 27.2 Å². The van der Waals surface area contributed by atoms with E-state index in [1.165, 1.54) is 0 Å². The van der Waals surface area contributed by atoms with Gasteiger partial charge in [-0.2, -0.15) is 0 Å². The third-order valence-electron chi connectivity index (χ3n) is 2.65. The number of rotatable bonds is 2. The molecule has 92 valence electrons. The van der Waals surface area contributed by atoms with Crippen LogP contribution in [0.15, 0.2) is 12.3 Å². The van der Waals surface area contributed by atoms with Crippen molar-refractivity contribution in [3.8, 4) is 0 Å². The zero-order valence-electron chi connectivity index (χ0n) is 10.7. The summed E-state index contributed by atoms with van der Waals surface area (Å²) >= 11 is 0. The van der Waals surface area contributed by atoms with Gasteiger partial charge in [0, 0.05) is 31.8 Å². The molecule has 1 atom stereocenters. The molecule has 1 amide bonds. The highest BCUT2D eigenvalue weighted by Crippen LogP contribution is 2.22. The Kier molecular flexibility index (Phi) is 3.83. The first-order valence-corrected chi connectivity index (χ1v) is 5.68. The lowest BCUT2D eigenvalue weighted by Gasteiger charge is -2.24. The minimum atomic E-state index is -0.421. The van der Waals surface area contributed by atoms with E-state index in [4.69, 9.17) is 4.74 Å². The van der Waals surface area contributed by atoms with Gasteiger partial charge in [0.05, 0.1) is 0 Å². The van der Waals surface area contributed by atoms with Gasteiger partial charge in [0.15, 0.2) is 0 Å². The zero-order valence-corrected chi connectivity index (χ0v) is 10.7. The van der Waals surface area contributed by atoms with Gasteiger partial charge in [-0.3, -0.25) is 0 Å². The molecule has 1 N–H and O–H groups in total. The SMILES string of the molecule is C=C(NC)C1CCN(C(=O)OC(C)(C)C)C1. The van der Waals surface area contributed by atoms with E-state index in [0.29, 0.717) is 12.5 Å². The van der Waals surface area contributed by atoms with E-state index in [1.54, 1.807) is 4.90 Å². The maximum absolute atomic E-state index is 11.8. The van der Waals surface area contributed by atoms with E-state index in [1.807, 2.05) is 27.8 Å². The van der Waals surface area contributed by atoms with Crippen LogP contribution in [-0.2, 0) is 4.74 Å². The summed E-state index contributed by atoms with van der Waals surface area (Å²) in [5, 5.41) is 3.04. The highest BCUT2D eigenvalue weighted by molar-refractivity contribution is 5.68. The van der Waals surface area contributed by atoms with Gasteiger partial charge in [-0.15, -0.1) is 0 Å². The number of hydrogen-bond donors (Lipinski definition) is 1. The van der Waals surface area contributed by atoms with Crippen LogP contribution in [0.1, 0.15) is 27.2 Å². The maximum Gasteiger partial charge on any atom is 0.410 e. The van der Waals surface area contributed by atoms with E-state index in [2.05, 4.69) is 11.9 Å². The molecule has 0 saturated carbocycles. The molecule has 0 aromatic rings. The molecule has 1 heterocycles. The van der Waals surface area contributed by atoms with Gasteiger partial charge in [-0.1, -0.05) is 6.58 Å². The predicted octanol–water partition coefficient (Wildman–Crippen LogP) is 1.98. The fourth-order valence-corrected chi connectivity index (χ4v) is 1.74. The lowest BCUT2D eigenvalue weighted by molar-refractivity contribution is 0.0290. The van der Waals surface area contributed by atoms with Gasteiger partial charge in [0.2, 0.25) is 0 Å². The molecule has 1 saturated heterocycles. The van der Waals surface area contributed by atoms with E-state index in [9.17, 15) is 4.79 Å². The maximum atomic E-state index is 11.8. The fourth-order valence-electron chi connectivity index (χ4n) is 1.74. The molecular formula is C12H22N2O2. The molecule has 4 nitrogen and oxygen atoms in total. The zero-order chi connectivity index (χ0) is 12.3. The Morgan fingerprint density at radius 1 is 1.50 bits per heavy atom. The molecule has 1 aliphatic rings. The Hall–Kier alpha value is -1.19. The van der Waals surface area contributed by atoms with Crippen LogP contribution in [0.2, 0.25) is 0 Å². The first-order valence-electron chi connectivity index (χ1n) is 5.68. The first-order chi connectivity index (χ1) is 7.33. The minimum absolute atomic E-state index is 0.223.